The van der Waals surface area contributed by atoms with E-state index in [2.05, 4.69) is 22.0 Å². The molecular weight excluding hydrogens is 240 g/mol. The molecule has 0 atom stereocenters. The number of anilines is 2. The number of hydrogen-bond acceptors (Lipinski definition) is 4. The van der Waals surface area contributed by atoms with E-state index in [9.17, 15) is 4.79 Å². The van der Waals surface area contributed by atoms with Crippen LogP contribution in [0, 0.1) is 0 Å². The number of amides is 1. The zero-order valence-corrected chi connectivity index (χ0v) is 11.6. The fourth-order valence-electron chi connectivity index (χ4n) is 2.39. The van der Waals surface area contributed by atoms with E-state index in [0.717, 1.165) is 38.4 Å². The zero-order valence-electron chi connectivity index (χ0n) is 11.6. The maximum atomic E-state index is 11.7. The summed E-state index contributed by atoms with van der Waals surface area (Å²) in [6.45, 7) is 7.39. The Balaban J connectivity index is 2.15. The maximum absolute atomic E-state index is 11.7. The lowest BCUT2D eigenvalue weighted by molar-refractivity contribution is 0.0964. The Morgan fingerprint density at radius 3 is 2.58 bits per heavy atom. The van der Waals surface area contributed by atoms with Crippen molar-refractivity contribution in [1.82, 2.24) is 10.2 Å². The summed E-state index contributed by atoms with van der Waals surface area (Å²) in [5.41, 5.74) is 8.00. The highest BCUT2D eigenvalue weighted by Gasteiger charge is 2.17. The predicted octanol–water partition coefficient (Wildman–Crippen LogP) is 0.770. The van der Waals surface area contributed by atoms with Gasteiger partial charge in [0.2, 0.25) is 0 Å². The summed E-state index contributed by atoms with van der Waals surface area (Å²) in [4.78, 5) is 16.5. The van der Waals surface area contributed by atoms with Crippen molar-refractivity contribution in [3.63, 3.8) is 0 Å². The monoisotopic (exact) mass is 262 g/mol. The number of carbonyl (C=O) groups excluding carboxylic acids is 1. The molecule has 0 radical (unpaired) electrons. The third-order valence-electron chi connectivity index (χ3n) is 3.69. The second-order valence-corrected chi connectivity index (χ2v) is 4.77. The van der Waals surface area contributed by atoms with E-state index < -0.39 is 0 Å². The number of nitrogen functional groups attached to an aromatic ring is 1. The number of hydrogen-bond donors (Lipinski definition) is 2. The minimum atomic E-state index is -0.133. The first-order chi connectivity index (χ1) is 9.15. The fraction of sp³-hybridized carbons (Fsp3) is 0.500. The van der Waals surface area contributed by atoms with Gasteiger partial charge in [-0.15, -0.1) is 0 Å². The molecular formula is C14H22N4O. The molecule has 1 aromatic carbocycles. The van der Waals surface area contributed by atoms with E-state index in [4.69, 9.17) is 5.73 Å². The highest BCUT2D eigenvalue weighted by Crippen LogP contribution is 2.22. The number of likely N-dealkylation sites (N-methyl/N-ethyl adjacent to an activating group) is 1. The Kier molecular flexibility index (Phi) is 4.27. The highest BCUT2D eigenvalue weighted by molar-refractivity contribution is 6.00. The first-order valence-corrected chi connectivity index (χ1v) is 6.74. The average Bonchev–Trinajstić information content (AvgIpc) is 2.47. The molecule has 0 bridgehead atoms. The van der Waals surface area contributed by atoms with Crippen LogP contribution in [0.5, 0.6) is 0 Å². The Morgan fingerprint density at radius 1 is 1.32 bits per heavy atom. The third kappa shape index (κ3) is 2.98. The molecule has 0 aliphatic carbocycles. The summed E-state index contributed by atoms with van der Waals surface area (Å²) in [7, 11) is 1.62. The Labute approximate surface area is 114 Å². The molecule has 19 heavy (non-hydrogen) atoms. The number of benzene rings is 1. The summed E-state index contributed by atoms with van der Waals surface area (Å²) < 4.78 is 0. The molecule has 5 heteroatoms. The van der Waals surface area contributed by atoms with Crippen LogP contribution in [-0.4, -0.2) is 50.6 Å². The van der Waals surface area contributed by atoms with Crippen LogP contribution in [-0.2, 0) is 0 Å². The molecule has 0 saturated carbocycles. The minimum absolute atomic E-state index is 0.133. The maximum Gasteiger partial charge on any atom is 0.253 e. The van der Waals surface area contributed by atoms with Crippen LogP contribution in [0.25, 0.3) is 0 Å². The van der Waals surface area contributed by atoms with E-state index in [1.54, 1.807) is 7.05 Å². The van der Waals surface area contributed by atoms with Crippen LogP contribution >= 0.6 is 0 Å². The van der Waals surface area contributed by atoms with Gasteiger partial charge >= 0.3 is 0 Å². The van der Waals surface area contributed by atoms with Crippen molar-refractivity contribution in [3.8, 4) is 0 Å². The van der Waals surface area contributed by atoms with Crippen molar-refractivity contribution in [2.24, 2.45) is 0 Å². The summed E-state index contributed by atoms with van der Waals surface area (Å²) in [5.74, 6) is -0.133. The molecule has 0 unspecified atom stereocenters. The van der Waals surface area contributed by atoms with Gasteiger partial charge < -0.3 is 20.9 Å². The second-order valence-electron chi connectivity index (χ2n) is 4.77. The Bertz CT molecular complexity index is 453. The number of nitrogens with zero attached hydrogens (tertiary/aromatic N) is 2. The standard InChI is InChI=1S/C14H22N4O/c1-3-17-6-8-18(9-7-17)11-4-5-13(15)12(10-11)14(19)16-2/h4-5,10H,3,6-9,15H2,1-2H3,(H,16,19). The highest BCUT2D eigenvalue weighted by atomic mass is 16.1. The summed E-state index contributed by atoms with van der Waals surface area (Å²) >= 11 is 0. The smallest absolute Gasteiger partial charge is 0.253 e. The molecule has 0 spiro atoms. The lowest BCUT2D eigenvalue weighted by Crippen LogP contribution is -2.46. The lowest BCUT2D eigenvalue weighted by atomic mass is 10.1. The van der Waals surface area contributed by atoms with Crippen molar-refractivity contribution in [2.45, 2.75) is 6.92 Å². The van der Waals surface area contributed by atoms with Crippen molar-refractivity contribution in [1.29, 1.82) is 0 Å². The van der Waals surface area contributed by atoms with E-state index in [-0.39, 0.29) is 5.91 Å². The van der Waals surface area contributed by atoms with Crippen molar-refractivity contribution < 1.29 is 4.79 Å². The number of nitrogens with two attached hydrogens (primary N) is 1. The molecule has 5 nitrogen and oxygen atoms in total. The fourth-order valence-corrected chi connectivity index (χ4v) is 2.39. The molecule has 3 N–H and O–H groups in total. The van der Waals surface area contributed by atoms with Gasteiger partial charge in [0.05, 0.1) is 5.56 Å². The van der Waals surface area contributed by atoms with Gasteiger partial charge in [0, 0.05) is 44.6 Å². The van der Waals surface area contributed by atoms with Crippen molar-refractivity contribution in [2.75, 3.05) is 50.4 Å². The van der Waals surface area contributed by atoms with Crippen LogP contribution in [0.3, 0.4) is 0 Å². The Hall–Kier alpha value is -1.75. The normalized spacial score (nSPS) is 16.4. The quantitative estimate of drug-likeness (QED) is 0.790. The van der Waals surface area contributed by atoms with Gasteiger partial charge in [-0.05, 0) is 24.7 Å². The summed E-state index contributed by atoms with van der Waals surface area (Å²) in [6, 6.07) is 5.69. The molecule has 0 aromatic heterocycles. The van der Waals surface area contributed by atoms with Crippen LogP contribution in [0.4, 0.5) is 11.4 Å². The van der Waals surface area contributed by atoms with Gasteiger partial charge in [0.15, 0.2) is 0 Å². The van der Waals surface area contributed by atoms with E-state index in [1.807, 2.05) is 18.2 Å². The van der Waals surface area contributed by atoms with Crippen LogP contribution in [0.2, 0.25) is 0 Å². The van der Waals surface area contributed by atoms with Gasteiger partial charge in [-0.2, -0.15) is 0 Å². The van der Waals surface area contributed by atoms with Gasteiger partial charge in [-0.1, -0.05) is 6.92 Å². The zero-order chi connectivity index (χ0) is 13.8. The van der Waals surface area contributed by atoms with Gasteiger partial charge in [-0.3, -0.25) is 4.79 Å². The molecule has 104 valence electrons. The molecule has 1 heterocycles. The molecule has 1 amide bonds. The summed E-state index contributed by atoms with van der Waals surface area (Å²) in [5, 5.41) is 2.62. The first-order valence-electron chi connectivity index (χ1n) is 6.74. The van der Waals surface area contributed by atoms with Gasteiger partial charge in [0.1, 0.15) is 0 Å². The largest absolute Gasteiger partial charge is 0.398 e. The lowest BCUT2D eigenvalue weighted by Gasteiger charge is -2.35. The molecule has 2 rings (SSSR count). The third-order valence-corrected chi connectivity index (χ3v) is 3.69. The number of carbonyl (C=O) groups is 1. The van der Waals surface area contributed by atoms with Gasteiger partial charge in [-0.25, -0.2) is 0 Å². The number of piperazine rings is 1. The van der Waals surface area contributed by atoms with Crippen LogP contribution in [0.15, 0.2) is 18.2 Å². The Morgan fingerprint density at radius 2 is 2.00 bits per heavy atom. The van der Waals surface area contributed by atoms with E-state index >= 15 is 0 Å². The predicted molar refractivity (Wildman–Crippen MR) is 78.6 cm³/mol. The molecule has 1 saturated heterocycles. The minimum Gasteiger partial charge on any atom is -0.398 e. The first kappa shape index (κ1) is 13.7. The number of rotatable bonds is 3. The SMILES string of the molecule is CCN1CCN(c2ccc(N)c(C(=O)NC)c2)CC1. The molecule has 1 aliphatic heterocycles. The van der Waals surface area contributed by atoms with E-state index in [1.165, 1.54) is 0 Å². The van der Waals surface area contributed by atoms with Crippen LogP contribution in [0.1, 0.15) is 17.3 Å². The van der Waals surface area contributed by atoms with Crippen molar-refractivity contribution >= 4 is 17.3 Å². The van der Waals surface area contributed by atoms with Crippen LogP contribution < -0.4 is 16.0 Å². The summed E-state index contributed by atoms with van der Waals surface area (Å²) in [6.07, 6.45) is 0. The topological polar surface area (TPSA) is 61.6 Å². The molecule has 1 aliphatic rings. The molecule has 1 aromatic rings. The van der Waals surface area contributed by atoms with E-state index in [0.29, 0.717) is 11.3 Å². The molecule has 1 fully saturated rings. The van der Waals surface area contributed by atoms with Crippen molar-refractivity contribution in [3.05, 3.63) is 23.8 Å². The van der Waals surface area contributed by atoms with Gasteiger partial charge in [0.25, 0.3) is 5.91 Å². The number of nitrogens with one attached hydrogen (secondary N) is 1. The average molecular weight is 262 g/mol. The second kappa shape index (κ2) is 5.93.